The monoisotopic (exact) mass is 467 g/mol. The molecule has 3 aromatic rings. The van der Waals surface area contributed by atoms with E-state index in [-0.39, 0.29) is 24.6 Å². The van der Waals surface area contributed by atoms with Gasteiger partial charge in [0.2, 0.25) is 0 Å². The number of halogens is 1. The molecule has 0 aliphatic carbocycles. The van der Waals surface area contributed by atoms with Gasteiger partial charge >= 0.3 is 0 Å². The fourth-order valence-electron chi connectivity index (χ4n) is 2.79. The Hall–Kier alpha value is -3.96. The van der Waals surface area contributed by atoms with Gasteiger partial charge in [-0.2, -0.15) is 5.26 Å². The topological polar surface area (TPSA) is 107 Å². The number of aromatic nitrogens is 1. The molecule has 1 N–H and O–H groups in total. The standard InChI is InChI=1S/C24H22ClN3O5/c1-3-30-22-14-17(13-18(15-26)24(29)27-23-12-16(2)33-28-23)8-9-21(22)32-11-10-31-20-7-5-4-6-19(20)25/h4-9,12-14H,3,10-11H2,1-2H3,(H,27,28,29)/b18-13-. The molecule has 0 saturated carbocycles. The number of ether oxygens (including phenoxy) is 3. The van der Waals surface area contributed by atoms with Crippen LogP contribution in [0.1, 0.15) is 18.2 Å². The molecule has 33 heavy (non-hydrogen) atoms. The van der Waals surface area contributed by atoms with Crippen LogP contribution < -0.4 is 19.5 Å². The molecule has 0 aliphatic rings. The number of aryl methyl sites for hydroxylation is 1. The van der Waals surface area contributed by atoms with Crippen molar-refractivity contribution >= 4 is 29.4 Å². The van der Waals surface area contributed by atoms with Crippen LogP contribution in [0.15, 0.2) is 58.6 Å². The Balaban J connectivity index is 1.66. The fourth-order valence-corrected chi connectivity index (χ4v) is 2.98. The number of rotatable bonds is 10. The first-order valence-electron chi connectivity index (χ1n) is 10.1. The molecule has 0 unspecified atom stereocenters. The zero-order chi connectivity index (χ0) is 23.6. The van der Waals surface area contributed by atoms with Crippen LogP contribution in [0.25, 0.3) is 6.08 Å². The van der Waals surface area contributed by atoms with Gasteiger partial charge in [-0.05, 0) is 49.8 Å². The average Bonchev–Trinajstić information content (AvgIpc) is 3.21. The summed E-state index contributed by atoms with van der Waals surface area (Å²) in [4.78, 5) is 12.4. The van der Waals surface area contributed by atoms with Gasteiger partial charge in [-0.3, -0.25) is 4.79 Å². The van der Waals surface area contributed by atoms with Crippen molar-refractivity contribution in [1.82, 2.24) is 5.16 Å². The van der Waals surface area contributed by atoms with Crippen molar-refractivity contribution in [3.63, 3.8) is 0 Å². The van der Waals surface area contributed by atoms with E-state index >= 15 is 0 Å². The number of carbonyl (C=O) groups excluding carboxylic acids is 1. The van der Waals surface area contributed by atoms with Gasteiger partial charge in [0.15, 0.2) is 17.3 Å². The van der Waals surface area contributed by atoms with Crippen molar-refractivity contribution in [2.24, 2.45) is 0 Å². The second-order valence-electron chi connectivity index (χ2n) is 6.71. The number of carbonyl (C=O) groups is 1. The lowest BCUT2D eigenvalue weighted by molar-refractivity contribution is -0.112. The van der Waals surface area contributed by atoms with Crippen LogP contribution in [0.5, 0.6) is 17.2 Å². The van der Waals surface area contributed by atoms with Crippen molar-refractivity contribution in [2.45, 2.75) is 13.8 Å². The summed E-state index contributed by atoms with van der Waals surface area (Å²) < 4.78 is 22.0. The van der Waals surface area contributed by atoms with Crippen LogP contribution in [-0.4, -0.2) is 30.9 Å². The van der Waals surface area contributed by atoms with Crippen LogP contribution >= 0.6 is 11.6 Å². The normalized spacial score (nSPS) is 10.9. The van der Waals surface area contributed by atoms with Crippen LogP contribution in [0.3, 0.4) is 0 Å². The summed E-state index contributed by atoms with van der Waals surface area (Å²) in [5.74, 6) is 1.75. The number of nitriles is 1. The minimum atomic E-state index is -0.596. The highest BCUT2D eigenvalue weighted by Crippen LogP contribution is 2.30. The number of amides is 1. The lowest BCUT2D eigenvalue weighted by Crippen LogP contribution is -2.13. The van der Waals surface area contributed by atoms with E-state index in [0.29, 0.717) is 40.2 Å². The van der Waals surface area contributed by atoms with Crippen molar-refractivity contribution in [3.05, 3.63) is 70.5 Å². The van der Waals surface area contributed by atoms with E-state index in [9.17, 15) is 10.1 Å². The van der Waals surface area contributed by atoms with Crippen LogP contribution in [0, 0.1) is 18.3 Å². The third kappa shape index (κ3) is 6.76. The average molecular weight is 468 g/mol. The van der Waals surface area contributed by atoms with E-state index in [0.717, 1.165) is 0 Å². The zero-order valence-corrected chi connectivity index (χ0v) is 18.9. The number of anilines is 1. The minimum absolute atomic E-state index is 0.0973. The molecule has 0 bridgehead atoms. The van der Waals surface area contributed by atoms with Gasteiger partial charge in [-0.1, -0.05) is 35.0 Å². The van der Waals surface area contributed by atoms with Gasteiger partial charge in [-0.25, -0.2) is 0 Å². The van der Waals surface area contributed by atoms with Gasteiger partial charge < -0.3 is 24.1 Å². The number of hydrogen-bond acceptors (Lipinski definition) is 7. The highest BCUT2D eigenvalue weighted by molar-refractivity contribution is 6.32. The maximum Gasteiger partial charge on any atom is 0.267 e. The van der Waals surface area contributed by atoms with E-state index in [1.165, 1.54) is 6.08 Å². The summed E-state index contributed by atoms with van der Waals surface area (Å²) in [5.41, 5.74) is 0.501. The molecule has 1 heterocycles. The Kier molecular flexibility index (Phi) is 8.33. The van der Waals surface area contributed by atoms with Gasteiger partial charge in [0.25, 0.3) is 5.91 Å². The number of nitrogens with one attached hydrogen (secondary N) is 1. The summed E-state index contributed by atoms with van der Waals surface area (Å²) >= 11 is 6.08. The third-order valence-corrected chi connectivity index (χ3v) is 4.56. The number of para-hydroxylation sites is 1. The van der Waals surface area contributed by atoms with Gasteiger partial charge in [-0.15, -0.1) is 0 Å². The molecule has 2 aromatic carbocycles. The maximum atomic E-state index is 12.4. The first kappa shape index (κ1) is 23.7. The minimum Gasteiger partial charge on any atom is -0.490 e. The molecule has 3 rings (SSSR count). The molecule has 0 radical (unpaired) electrons. The Morgan fingerprint density at radius 2 is 1.88 bits per heavy atom. The number of benzene rings is 2. The van der Waals surface area contributed by atoms with E-state index in [1.807, 2.05) is 25.1 Å². The SMILES string of the molecule is CCOc1cc(/C=C(/C#N)C(=O)Nc2cc(C)on2)ccc1OCCOc1ccccc1Cl. The highest BCUT2D eigenvalue weighted by Gasteiger charge is 2.13. The summed E-state index contributed by atoms with van der Waals surface area (Å²) in [6.45, 7) is 4.52. The molecular formula is C24H22ClN3O5. The predicted molar refractivity (Wildman–Crippen MR) is 124 cm³/mol. The van der Waals surface area contributed by atoms with Gasteiger partial charge in [0.05, 0.1) is 11.6 Å². The highest BCUT2D eigenvalue weighted by atomic mass is 35.5. The molecule has 8 nitrogen and oxygen atoms in total. The number of nitrogens with zero attached hydrogens (tertiary/aromatic N) is 2. The molecule has 0 fully saturated rings. The molecule has 170 valence electrons. The molecule has 0 aliphatic heterocycles. The second-order valence-corrected chi connectivity index (χ2v) is 7.12. The van der Waals surface area contributed by atoms with Crippen molar-refractivity contribution in [1.29, 1.82) is 5.26 Å². The Labute approximate surface area is 196 Å². The predicted octanol–water partition coefficient (Wildman–Crippen LogP) is 5.04. The lowest BCUT2D eigenvalue weighted by atomic mass is 10.1. The van der Waals surface area contributed by atoms with Gasteiger partial charge in [0.1, 0.15) is 36.4 Å². The first-order chi connectivity index (χ1) is 16.0. The Bertz CT molecular complexity index is 1180. The van der Waals surface area contributed by atoms with Crippen molar-refractivity contribution in [3.8, 4) is 23.3 Å². The van der Waals surface area contributed by atoms with Crippen LogP contribution in [0.2, 0.25) is 5.02 Å². The summed E-state index contributed by atoms with van der Waals surface area (Å²) in [6.07, 6.45) is 1.45. The number of hydrogen-bond donors (Lipinski definition) is 1. The molecule has 9 heteroatoms. The van der Waals surface area contributed by atoms with E-state index < -0.39 is 5.91 Å². The van der Waals surface area contributed by atoms with E-state index in [2.05, 4.69) is 10.5 Å². The quantitative estimate of drug-likeness (QED) is 0.253. The fraction of sp³-hybridized carbons (Fsp3) is 0.208. The first-order valence-corrected chi connectivity index (χ1v) is 10.5. The maximum absolute atomic E-state index is 12.4. The molecule has 0 spiro atoms. The van der Waals surface area contributed by atoms with Gasteiger partial charge in [0, 0.05) is 6.07 Å². The molecule has 0 saturated heterocycles. The molecule has 1 aromatic heterocycles. The second kappa shape index (κ2) is 11.6. The summed E-state index contributed by atoms with van der Waals surface area (Å²) in [5, 5.41) is 16.2. The third-order valence-electron chi connectivity index (χ3n) is 4.25. The molecule has 1 amide bonds. The van der Waals surface area contributed by atoms with Crippen molar-refractivity contribution < 1.29 is 23.5 Å². The lowest BCUT2D eigenvalue weighted by Gasteiger charge is -2.13. The summed E-state index contributed by atoms with van der Waals surface area (Å²) in [6, 6.07) is 15.8. The van der Waals surface area contributed by atoms with Crippen molar-refractivity contribution in [2.75, 3.05) is 25.1 Å². The van der Waals surface area contributed by atoms with E-state index in [4.69, 9.17) is 30.3 Å². The Morgan fingerprint density at radius 3 is 2.55 bits per heavy atom. The van der Waals surface area contributed by atoms with Crippen LogP contribution in [-0.2, 0) is 4.79 Å². The molecule has 0 atom stereocenters. The summed E-state index contributed by atoms with van der Waals surface area (Å²) in [7, 11) is 0. The zero-order valence-electron chi connectivity index (χ0n) is 18.1. The molecular weight excluding hydrogens is 446 g/mol. The largest absolute Gasteiger partial charge is 0.490 e. The van der Waals surface area contributed by atoms with Crippen LogP contribution in [0.4, 0.5) is 5.82 Å². The smallest absolute Gasteiger partial charge is 0.267 e. The van der Waals surface area contributed by atoms with E-state index in [1.54, 1.807) is 43.3 Å². The Morgan fingerprint density at radius 1 is 1.12 bits per heavy atom.